The van der Waals surface area contributed by atoms with Crippen LogP contribution in [-0.2, 0) is 0 Å². The van der Waals surface area contributed by atoms with Crippen LogP contribution in [0.5, 0.6) is 5.88 Å². The van der Waals surface area contributed by atoms with E-state index in [0.29, 0.717) is 12.5 Å². The molecular weight excluding hydrogens is 320 g/mol. The molecule has 1 saturated heterocycles. The molecule has 0 N–H and O–H groups in total. The normalized spacial score (nSPS) is 17.0. The van der Waals surface area contributed by atoms with Gasteiger partial charge in [-0.3, -0.25) is 0 Å². The molecule has 1 aliphatic heterocycles. The molecule has 0 spiro atoms. The summed E-state index contributed by atoms with van der Waals surface area (Å²) in [6.07, 6.45) is 3.93. The predicted octanol–water partition coefficient (Wildman–Crippen LogP) is 2.17. The minimum atomic E-state index is 0.679. The molecule has 1 aromatic heterocycles. The van der Waals surface area contributed by atoms with Crippen molar-refractivity contribution in [3.63, 3.8) is 0 Å². The molecule has 0 aliphatic carbocycles. The second kappa shape index (κ2) is 8.42. The van der Waals surface area contributed by atoms with Gasteiger partial charge in [-0.05, 0) is 19.4 Å². The number of hydrogen-bond donors (Lipinski definition) is 0. The van der Waals surface area contributed by atoms with Gasteiger partial charge in [0, 0.05) is 43.8 Å². The van der Waals surface area contributed by atoms with E-state index in [1.165, 1.54) is 0 Å². The van der Waals surface area contributed by atoms with Crippen molar-refractivity contribution in [3.05, 3.63) is 12.3 Å². The molecule has 0 radical (unpaired) electrons. The van der Waals surface area contributed by atoms with Gasteiger partial charge < -0.3 is 14.5 Å². The fourth-order valence-electron chi connectivity index (χ4n) is 2.29. The van der Waals surface area contributed by atoms with Crippen molar-refractivity contribution in [1.82, 2.24) is 14.9 Å². The van der Waals surface area contributed by atoms with Crippen molar-refractivity contribution in [3.8, 4) is 5.88 Å². The van der Waals surface area contributed by atoms with Crippen LogP contribution in [0.15, 0.2) is 12.3 Å². The van der Waals surface area contributed by atoms with Gasteiger partial charge in [-0.15, -0.1) is 0 Å². The number of rotatable bonds is 6. The maximum Gasteiger partial charge on any atom is 0.228 e. The van der Waals surface area contributed by atoms with Gasteiger partial charge >= 0.3 is 0 Å². The molecule has 2 heterocycles. The van der Waals surface area contributed by atoms with E-state index >= 15 is 0 Å². The number of halogens is 1. The topological polar surface area (TPSA) is 41.5 Å². The lowest BCUT2D eigenvalue weighted by molar-refractivity contribution is 0.304. The van der Waals surface area contributed by atoms with E-state index in [0.717, 1.165) is 56.8 Å². The number of aromatic nitrogens is 2. The lowest BCUT2D eigenvalue weighted by atomic mass is 10.4. The van der Waals surface area contributed by atoms with Crippen LogP contribution in [0.3, 0.4) is 0 Å². The number of ether oxygens (including phenoxy) is 1. The predicted molar refractivity (Wildman–Crippen MR) is 84.9 cm³/mol. The van der Waals surface area contributed by atoms with Crippen LogP contribution in [0.2, 0.25) is 0 Å². The highest BCUT2D eigenvalue weighted by atomic mass is 79.9. The standard InChI is InChI=1S/C14H23BrN4O/c1-2-12-20-13-4-6-16-14(17-13)19-8-3-7-18(9-5-15)10-11-19/h4,6H,2-3,5,7-12H2,1H3. The summed E-state index contributed by atoms with van der Waals surface area (Å²) in [7, 11) is 0. The molecule has 0 unspecified atom stereocenters. The summed E-state index contributed by atoms with van der Waals surface area (Å²) in [5.41, 5.74) is 0. The quantitative estimate of drug-likeness (QED) is 0.741. The molecule has 0 atom stereocenters. The van der Waals surface area contributed by atoms with Gasteiger partial charge in [-0.25, -0.2) is 4.98 Å². The third-order valence-electron chi connectivity index (χ3n) is 3.34. The van der Waals surface area contributed by atoms with Gasteiger partial charge in [0.05, 0.1) is 6.61 Å². The van der Waals surface area contributed by atoms with Gasteiger partial charge in [0.15, 0.2) is 0 Å². The van der Waals surface area contributed by atoms with Crippen LogP contribution in [0.4, 0.5) is 5.95 Å². The molecule has 1 fully saturated rings. The zero-order chi connectivity index (χ0) is 14.2. The van der Waals surface area contributed by atoms with E-state index in [1.807, 2.05) is 6.07 Å². The summed E-state index contributed by atoms with van der Waals surface area (Å²) in [6, 6.07) is 1.83. The van der Waals surface area contributed by atoms with Crippen LogP contribution in [-0.4, -0.2) is 59.5 Å². The molecule has 20 heavy (non-hydrogen) atoms. The van der Waals surface area contributed by atoms with E-state index in [4.69, 9.17) is 4.74 Å². The average molecular weight is 343 g/mol. The van der Waals surface area contributed by atoms with E-state index in [-0.39, 0.29) is 0 Å². The molecule has 0 amide bonds. The number of alkyl halides is 1. The Bertz CT molecular complexity index is 405. The minimum Gasteiger partial charge on any atom is -0.478 e. The zero-order valence-electron chi connectivity index (χ0n) is 12.1. The van der Waals surface area contributed by atoms with E-state index in [9.17, 15) is 0 Å². The molecule has 2 rings (SSSR count). The Balaban J connectivity index is 1.96. The molecule has 112 valence electrons. The third-order valence-corrected chi connectivity index (χ3v) is 3.70. The summed E-state index contributed by atoms with van der Waals surface area (Å²) < 4.78 is 5.58. The van der Waals surface area contributed by atoms with Crippen molar-refractivity contribution in [2.24, 2.45) is 0 Å². The third kappa shape index (κ3) is 4.59. The zero-order valence-corrected chi connectivity index (χ0v) is 13.7. The Morgan fingerprint density at radius 3 is 3.00 bits per heavy atom. The molecule has 1 aromatic rings. The molecule has 5 nitrogen and oxygen atoms in total. The lowest BCUT2D eigenvalue weighted by Crippen LogP contribution is -2.32. The number of anilines is 1. The molecule has 1 aliphatic rings. The smallest absolute Gasteiger partial charge is 0.228 e. The van der Waals surface area contributed by atoms with Crippen molar-refractivity contribution in [1.29, 1.82) is 0 Å². The van der Waals surface area contributed by atoms with E-state index in [2.05, 4.69) is 42.6 Å². The highest BCUT2D eigenvalue weighted by molar-refractivity contribution is 9.09. The number of hydrogen-bond acceptors (Lipinski definition) is 5. The first kappa shape index (κ1) is 15.5. The Hall–Kier alpha value is -0.880. The second-order valence-corrected chi connectivity index (χ2v) is 5.71. The van der Waals surface area contributed by atoms with Crippen LogP contribution >= 0.6 is 15.9 Å². The Labute approximate surface area is 129 Å². The molecule has 0 saturated carbocycles. The first-order valence-electron chi connectivity index (χ1n) is 7.32. The fraction of sp³-hybridized carbons (Fsp3) is 0.714. The average Bonchev–Trinajstić information content (AvgIpc) is 2.72. The largest absolute Gasteiger partial charge is 0.478 e. The Kier molecular flexibility index (Phi) is 6.53. The van der Waals surface area contributed by atoms with Gasteiger partial charge in [0.25, 0.3) is 0 Å². The van der Waals surface area contributed by atoms with Crippen molar-refractivity contribution < 1.29 is 4.74 Å². The van der Waals surface area contributed by atoms with Gasteiger partial charge in [-0.1, -0.05) is 22.9 Å². The van der Waals surface area contributed by atoms with E-state index < -0.39 is 0 Å². The minimum absolute atomic E-state index is 0.679. The van der Waals surface area contributed by atoms with Crippen molar-refractivity contribution in [2.45, 2.75) is 19.8 Å². The van der Waals surface area contributed by atoms with Crippen LogP contribution in [0.1, 0.15) is 19.8 Å². The molecule has 0 aromatic carbocycles. The van der Waals surface area contributed by atoms with E-state index in [1.54, 1.807) is 6.20 Å². The van der Waals surface area contributed by atoms with Gasteiger partial charge in [0.1, 0.15) is 0 Å². The second-order valence-electron chi connectivity index (χ2n) is 4.91. The summed E-state index contributed by atoms with van der Waals surface area (Å²) >= 11 is 3.51. The summed E-state index contributed by atoms with van der Waals surface area (Å²) in [5.74, 6) is 1.47. The van der Waals surface area contributed by atoms with Crippen LogP contribution < -0.4 is 9.64 Å². The van der Waals surface area contributed by atoms with Crippen LogP contribution in [0, 0.1) is 0 Å². The fourth-order valence-corrected chi connectivity index (χ4v) is 2.79. The lowest BCUT2D eigenvalue weighted by Gasteiger charge is -2.21. The van der Waals surface area contributed by atoms with Gasteiger partial charge in [-0.2, -0.15) is 4.98 Å². The van der Waals surface area contributed by atoms with Crippen molar-refractivity contribution in [2.75, 3.05) is 49.6 Å². The maximum absolute atomic E-state index is 5.58. The summed E-state index contributed by atoms with van der Waals surface area (Å²) in [4.78, 5) is 13.6. The Morgan fingerprint density at radius 1 is 1.30 bits per heavy atom. The molecule has 0 bridgehead atoms. The molecular formula is C14H23BrN4O. The van der Waals surface area contributed by atoms with Crippen molar-refractivity contribution >= 4 is 21.9 Å². The number of nitrogens with zero attached hydrogens (tertiary/aromatic N) is 4. The Morgan fingerprint density at radius 2 is 2.20 bits per heavy atom. The summed E-state index contributed by atoms with van der Waals surface area (Å²) in [5, 5.41) is 1.03. The SMILES string of the molecule is CCCOc1ccnc(N2CCCN(CCBr)CC2)n1. The monoisotopic (exact) mass is 342 g/mol. The molecule has 6 heteroatoms. The maximum atomic E-state index is 5.58. The first-order valence-corrected chi connectivity index (χ1v) is 8.44. The first-order chi connectivity index (χ1) is 9.83. The summed E-state index contributed by atoms with van der Waals surface area (Å²) in [6.45, 7) is 8.10. The highest BCUT2D eigenvalue weighted by Crippen LogP contribution is 2.15. The highest BCUT2D eigenvalue weighted by Gasteiger charge is 2.16. The van der Waals surface area contributed by atoms with Gasteiger partial charge in [0.2, 0.25) is 11.8 Å². The van der Waals surface area contributed by atoms with Crippen LogP contribution in [0.25, 0.3) is 0 Å².